The van der Waals surface area contributed by atoms with Crippen LogP contribution in [0.15, 0.2) is 86.0 Å². The van der Waals surface area contributed by atoms with Gasteiger partial charge in [-0.05, 0) is 98.7 Å². The van der Waals surface area contributed by atoms with E-state index in [9.17, 15) is 9.59 Å². The van der Waals surface area contributed by atoms with Crippen molar-refractivity contribution >= 4 is 18.0 Å². The van der Waals surface area contributed by atoms with Crippen LogP contribution in [0.2, 0.25) is 0 Å². The summed E-state index contributed by atoms with van der Waals surface area (Å²) >= 11 is 0. The molecule has 0 fully saturated rings. The summed E-state index contributed by atoms with van der Waals surface area (Å²) < 4.78 is 16.4. The number of rotatable bonds is 15. The lowest BCUT2D eigenvalue weighted by atomic mass is 10.1. The quantitative estimate of drug-likeness (QED) is 0.0577. The zero-order chi connectivity index (χ0) is 32.0. The molecule has 0 saturated heterocycles. The van der Waals surface area contributed by atoms with Crippen LogP contribution < -0.4 is 9.47 Å². The molecule has 0 aliphatic heterocycles. The predicted octanol–water partition coefficient (Wildman–Crippen LogP) is 9.38. The summed E-state index contributed by atoms with van der Waals surface area (Å²) in [5.74, 6) is 6.65. The third kappa shape index (κ3) is 13.6. The first kappa shape index (κ1) is 35.6. The molecule has 0 aliphatic rings. The van der Waals surface area contributed by atoms with Crippen LogP contribution in [-0.4, -0.2) is 25.2 Å². The molecule has 0 atom stereocenters. The number of hydrogen-bond donors (Lipinski definition) is 0. The second-order valence-corrected chi connectivity index (χ2v) is 10.3. The summed E-state index contributed by atoms with van der Waals surface area (Å²) in [4.78, 5) is 23.8. The Bertz CT molecular complexity index is 1370. The number of benzene rings is 3. The molecule has 0 spiro atoms. The Morgan fingerprint density at radius 1 is 0.773 bits per heavy atom. The number of ether oxygens (including phenoxy) is 3. The minimum absolute atomic E-state index is 0.389. The number of unbranched alkanes of at least 4 members (excludes halogenated alkanes) is 4. The Morgan fingerprint density at radius 2 is 1.41 bits per heavy atom. The van der Waals surface area contributed by atoms with Crippen molar-refractivity contribution in [3.63, 3.8) is 0 Å². The van der Waals surface area contributed by atoms with Gasteiger partial charge < -0.3 is 14.2 Å². The first-order valence-electron chi connectivity index (χ1n) is 15.6. The number of carbonyl (C=O) groups is 2. The number of aryl methyl sites for hydroxylation is 1. The van der Waals surface area contributed by atoms with E-state index in [1.807, 2.05) is 24.3 Å². The van der Waals surface area contributed by atoms with Gasteiger partial charge >= 0.3 is 11.9 Å². The molecule has 0 N–H and O–H groups in total. The molecule has 0 aromatic heterocycles. The van der Waals surface area contributed by atoms with Crippen molar-refractivity contribution < 1.29 is 23.8 Å². The molecule has 0 heterocycles. The zero-order valence-corrected chi connectivity index (χ0v) is 26.5. The van der Waals surface area contributed by atoms with Crippen LogP contribution >= 0.6 is 0 Å². The van der Waals surface area contributed by atoms with Gasteiger partial charge in [-0.2, -0.15) is 0 Å². The molecular weight excluding hydrogens is 548 g/mol. The van der Waals surface area contributed by atoms with Gasteiger partial charge in [-0.1, -0.05) is 76.8 Å². The predicted molar refractivity (Wildman–Crippen MR) is 180 cm³/mol. The second kappa shape index (κ2) is 21.2. The first-order chi connectivity index (χ1) is 21.4. The zero-order valence-electron chi connectivity index (χ0n) is 26.5. The molecule has 0 radical (unpaired) electrons. The van der Waals surface area contributed by atoms with E-state index in [0.29, 0.717) is 35.8 Å². The molecular formula is C39H46O5. The average Bonchev–Trinajstić information content (AvgIpc) is 3.05. The Hall–Kier alpha value is -4.56. The highest BCUT2D eigenvalue weighted by Gasteiger charge is 2.11. The van der Waals surface area contributed by atoms with Gasteiger partial charge in [-0.3, -0.25) is 0 Å². The lowest BCUT2D eigenvalue weighted by Gasteiger charge is -2.09. The Balaban J connectivity index is 0.00000216. The van der Waals surface area contributed by atoms with E-state index in [1.54, 1.807) is 36.4 Å². The van der Waals surface area contributed by atoms with Crippen molar-refractivity contribution in [2.45, 2.75) is 72.1 Å². The maximum absolute atomic E-state index is 12.8. The second-order valence-electron chi connectivity index (χ2n) is 10.3. The van der Waals surface area contributed by atoms with Crippen molar-refractivity contribution in [3.05, 3.63) is 114 Å². The van der Waals surface area contributed by atoms with E-state index < -0.39 is 5.97 Å². The summed E-state index contributed by atoms with van der Waals surface area (Å²) in [6.45, 7) is 14.7. The van der Waals surface area contributed by atoms with E-state index in [0.717, 1.165) is 43.2 Å². The van der Waals surface area contributed by atoms with Crippen molar-refractivity contribution in [2.75, 3.05) is 13.2 Å². The van der Waals surface area contributed by atoms with Crippen molar-refractivity contribution in [3.8, 4) is 23.3 Å². The van der Waals surface area contributed by atoms with Crippen LogP contribution in [0, 0.1) is 11.8 Å². The smallest absolute Gasteiger partial charge is 0.343 e. The molecule has 0 aliphatic carbocycles. The van der Waals surface area contributed by atoms with Gasteiger partial charge in [-0.15, -0.1) is 0 Å². The summed E-state index contributed by atoms with van der Waals surface area (Å²) in [6.07, 6.45) is 11.1. The molecule has 5 nitrogen and oxygen atoms in total. The molecule has 0 amide bonds. The van der Waals surface area contributed by atoms with Gasteiger partial charge in [0, 0.05) is 22.8 Å². The van der Waals surface area contributed by atoms with E-state index in [2.05, 4.69) is 57.9 Å². The van der Waals surface area contributed by atoms with Crippen molar-refractivity contribution in [1.82, 2.24) is 0 Å². The van der Waals surface area contributed by atoms with Crippen LogP contribution in [0.4, 0.5) is 0 Å². The molecule has 0 unspecified atom stereocenters. The topological polar surface area (TPSA) is 61.8 Å². The van der Waals surface area contributed by atoms with Crippen LogP contribution in [0.5, 0.6) is 11.5 Å². The number of esters is 2. The fourth-order valence-electron chi connectivity index (χ4n) is 3.98. The van der Waals surface area contributed by atoms with Gasteiger partial charge in [0.2, 0.25) is 0 Å². The molecule has 0 bridgehead atoms. The Kier molecular flexibility index (Phi) is 17.2. The summed E-state index contributed by atoms with van der Waals surface area (Å²) in [5.41, 5.74) is 4.21. The minimum Gasteiger partial charge on any atom is -0.494 e. The van der Waals surface area contributed by atoms with Gasteiger partial charge in [0.05, 0.1) is 18.8 Å². The van der Waals surface area contributed by atoms with Crippen LogP contribution in [0.25, 0.3) is 6.08 Å². The highest BCUT2D eigenvalue weighted by Crippen LogP contribution is 2.23. The first-order valence-corrected chi connectivity index (χ1v) is 15.6. The van der Waals surface area contributed by atoms with E-state index >= 15 is 0 Å². The van der Waals surface area contributed by atoms with Crippen LogP contribution in [0.1, 0.15) is 98.3 Å². The molecule has 232 valence electrons. The Morgan fingerprint density at radius 3 is 2.05 bits per heavy atom. The highest BCUT2D eigenvalue weighted by molar-refractivity contribution is 5.91. The largest absolute Gasteiger partial charge is 0.494 e. The third-order valence-corrected chi connectivity index (χ3v) is 6.36. The SMILES string of the molecule is C=CC(=O)OCCCCCCOc1ccc(C(=O)Oc2ccc(C#Cc3ccc(CCCC)cc3)cc2C=C)cc1.CCC. The van der Waals surface area contributed by atoms with Crippen LogP contribution in [-0.2, 0) is 16.0 Å². The number of carbonyl (C=O) groups excluding carboxylic acids is 2. The van der Waals surface area contributed by atoms with Gasteiger partial charge in [-0.25, -0.2) is 9.59 Å². The fourth-order valence-corrected chi connectivity index (χ4v) is 3.98. The van der Waals surface area contributed by atoms with E-state index in [4.69, 9.17) is 14.2 Å². The highest BCUT2D eigenvalue weighted by atomic mass is 16.5. The van der Waals surface area contributed by atoms with Crippen molar-refractivity contribution in [2.24, 2.45) is 0 Å². The normalized spacial score (nSPS) is 9.89. The Labute approximate surface area is 263 Å². The van der Waals surface area contributed by atoms with Gasteiger partial charge in [0.1, 0.15) is 11.5 Å². The average molecular weight is 595 g/mol. The number of hydrogen-bond acceptors (Lipinski definition) is 5. The molecule has 3 aromatic carbocycles. The lowest BCUT2D eigenvalue weighted by Crippen LogP contribution is -2.09. The van der Waals surface area contributed by atoms with Crippen molar-refractivity contribution in [1.29, 1.82) is 0 Å². The maximum Gasteiger partial charge on any atom is 0.343 e. The third-order valence-electron chi connectivity index (χ3n) is 6.36. The molecule has 3 rings (SSSR count). The van der Waals surface area contributed by atoms with Gasteiger partial charge in [0.25, 0.3) is 0 Å². The molecule has 3 aromatic rings. The monoisotopic (exact) mass is 594 g/mol. The minimum atomic E-state index is -0.459. The van der Waals surface area contributed by atoms with E-state index in [-0.39, 0.29) is 5.97 Å². The summed E-state index contributed by atoms with van der Waals surface area (Å²) in [5, 5.41) is 0. The summed E-state index contributed by atoms with van der Waals surface area (Å²) in [6, 6.07) is 20.7. The summed E-state index contributed by atoms with van der Waals surface area (Å²) in [7, 11) is 0. The molecule has 5 heteroatoms. The fraction of sp³-hybridized carbons (Fsp3) is 0.333. The standard InChI is InChI=1S/C36H38O5.C3H8/c1-4-7-12-28-13-15-29(16-14-28)17-18-30-19-24-34(31(5-2)27-30)41-36(38)32-20-22-33(23-21-32)39-25-10-8-9-11-26-40-35(37)6-3;1-3-2/h5-6,13-16,19-24,27H,2-4,7-12,25-26H2,1H3;3H2,1-2H3. The van der Waals surface area contributed by atoms with E-state index in [1.165, 1.54) is 30.9 Å². The molecule has 0 saturated carbocycles. The van der Waals surface area contributed by atoms with Crippen LogP contribution in [0.3, 0.4) is 0 Å². The lowest BCUT2D eigenvalue weighted by molar-refractivity contribution is -0.137. The van der Waals surface area contributed by atoms with Gasteiger partial charge in [0.15, 0.2) is 0 Å². The maximum atomic E-state index is 12.8. The molecule has 44 heavy (non-hydrogen) atoms.